The van der Waals surface area contributed by atoms with E-state index < -0.39 is 0 Å². The van der Waals surface area contributed by atoms with Crippen LogP contribution >= 0.6 is 0 Å². The summed E-state index contributed by atoms with van der Waals surface area (Å²) in [5.74, 6) is 0.711. The van der Waals surface area contributed by atoms with E-state index in [1.54, 1.807) is 6.08 Å². The van der Waals surface area contributed by atoms with Crippen LogP contribution in [-0.2, 0) is 4.89 Å². The van der Waals surface area contributed by atoms with Crippen molar-refractivity contribution in [3.05, 3.63) is 36.4 Å². The van der Waals surface area contributed by atoms with Gasteiger partial charge in [0.1, 0.15) is 0 Å². The van der Waals surface area contributed by atoms with Gasteiger partial charge in [-0.15, -0.1) is 0 Å². The van der Waals surface area contributed by atoms with Gasteiger partial charge < -0.3 is 4.89 Å². The zero-order chi connectivity index (χ0) is 8.81. The van der Waals surface area contributed by atoms with Gasteiger partial charge in [0.25, 0.3) is 0 Å². The molecule has 0 bridgehead atoms. The molecule has 0 N–H and O–H groups in total. The Balaban J connectivity index is 2.58. The van der Waals surface area contributed by atoms with Crippen molar-refractivity contribution in [2.24, 2.45) is 0 Å². The Morgan fingerprint density at radius 1 is 1.33 bits per heavy atom. The lowest BCUT2D eigenvalue weighted by molar-refractivity contribution is -0.202. The van der Waals surface area contributed by atoms with E-state index in [2.05, 4.69) is 6.58 Å². The Morgan fingerprint density at radius 2 is 2.00 bits per heavy atom. The summed E-state index contributed by atoms with van der Waals surface area (Å²) >= 11 is 0. The summed E-state index contributed by atoms with van der Waals surface area (Å²) in [5.41, 5.74) is 1.07. The molecule has 0 fully saturated rings. The molecule has 0 saturated carbocycles. The van der Waals surface area contributed by atoms with Crippen LogP contribution in [-0.4, -0.2) is 6.61 Å². The number of hydrogen-bond donors (Lipinski definition) is 0. The van der Waals surface area contributed by atoms with Crippen molar-refractivity contribution in [2.45, 2.75) is 6.92 Å². The van der Waals surface area contributed by atoms with Crippen molar-refractivity contribution in [3.63, 3.8) is 0 Å². The van der Waals surface area contributed by atoms with Crippen molar-refractivity contribution in [2.75, 3.05) is 6.61 Å². The molecule has 0 radical (unpaired) electrons. The molecule has 0 aromatic heterocycles. The van der Waals surface area contributed by atoms with Gasteiger partial charge in [-0.2, -0.15) is 4.89 Å². The summed E-state index contributed by atoms with van der Waals surface area (Å²) < 4.78 is 0. The second kappa shape index (κ2) is 4.57. The maximum absolute atomic E-state index is 4.92. The van der Waals surface area contributed by atoms with Crippen LogP contribution in [0.4, 0.5) is 0 Å². The number of benzene rings is 1. The van der Waals surface area contributed by atoms with Gasteiger partial charge in [0.15, 0.2) is 5.75 Å². The smallest absolute Gasteiger partial charge is 0.165 e. The van der Waals surface area contributed by atoms with Crippen LogP contribution in [0.2, 0.25) is 0 Å². The van der Waals surface area contributed by atoms with E-state index in [-0.39, 0.29) is 0 Å². The van der Waals surface area contributed by atoms with Crippen molar-refractivity contribution >= 4 is 6.08 Å². The molecule has 0 aliphatic rings. The van der Waals surface area contributed by atoms with Crippen LogP contribution in [0.5, 0.6) is 5.75 Å². The topological polar surface area (TPSA) is 18.5 Å². The Hall–Kier alpha value is -1.28. The van der Waals surface area contributed by atoms with E-state index in [9.17, 15) is 0 Å². The first-order chi connectivity index (χ1) is 5.86. The highest BCUT2D eigenvalue weighted by molar-refractivity contribution is 5.48. The van der Waals surface area contributed by atoms with Gasteiger partial charge in [-0.25, -0.2) is 0 Å². The first-order valence-corrected chi connectivity index (χ1v) is 3.88. The Labute approximate surface area is 72.4 Å². The summed E-state index contributed by atoms with van der Waals surface area (Å²) in [6, 6.07) is 7.52. The molecule has 12 heavy (non-hydrogen) atoms. The lowest BCUT2D eigenvalue weighted by Gasteiger charge is -2.01. The van der Waals surface area contributed by atoms with Gasteiger partial charge >= 0.3 is 0 Å². The molecular weight excluding hydrogens is 152 g/mol. The third-order valence-corrected chi connectivity index (χ3v) is 1.39. The predicted molar refractivity (Wildman–Crippen MR) is 48.8 cm³/mol. The molecule has 0 atom stereocenters. The van der Waals surface area contributed by atoms with Gasteiger partial charge in [0.2, 0.25) is 0 Å². The van der Waals surface area contributed by atoms with E-state index >= 15 is 0 Å². The maximum atomic E-state index is 4.92. The normalized spacial score (nSPS) is 9.42. The monoisotopic (exact) mass is 164 g/mol. The molecule has 1 aromatic rings. The minimum Gasteiger partial charge on any atom is -0.338 e. The lowest BCUT2D eigenvalue weighted by Crippen LogP contribution is -1.95. The quantitative estimate of drug-likeness (QED) is 0.503. The highest BCUT2D eigenvalue weighted by Crippen LogP contribution is 2.12. The molecule has 1 aromatic carbocycles. The molecule has 0 amide bonds. The van der Waals surface area contributed by atoms with Crippen LogP contribution in [0, 0.1) is 0 Å². The third kappa shape index (κ3) is 2.40. The summed E-state index contributed by atoms with van der Waals surface area (Å²) in [5, 5.41) is 0. The average molecular weight is 164 g/mol. The first-order valence-electron chi connectivity index (χ1n) is 3.88. The van der Waals surface area contributed by atoms with Crippen LogP contribution in [0.1, 0.15) is 12.5 Å². The van der Waals surface area contributed by atoms with Crippen LogP contribution < -0.4 is 4.89 Å². The molecule has 0 aliphatic heterocycles. The number of hydrogen-bond acceptors (Lipinski definition) is 2. The van der Waals surface area contributed by atoms with E-state index in [0.29, 0.717) is 12.4 Å². The predicted octanol–water partition coefficient (Wildman–Crippen LogP) is 2.66. The van der Waals surface area contributed by atoms with Gasteiger partial charge in [0, 0.05) is 0 Å². The fourth-order valence-corrected chi connectivity index (χ4v) is 0.786. The van der Waals surface area contributed by atoms with Crippen LogP contribution in [0.3, 0.4) is 0 Å². The second-order valence-electron chi connectivity index (χ2n) is 2.26. The maximum Gasteiger partial charge on any atom is 0.165 e. The highest BCUT2D eigenvalue weighted by atomic mass is 17.2. The van der Waals surface area contributed by atoms with Crippen molar-refractivity contribution in [3.8, 4) is 5.75 Å². The molecule has 1 rings (SSSR count). The van der Waals surface area contributed by atoms with Gasteiger partial charge in [-0.3, -0.25) is 0 Å². The molecule has 0 unspecified atom stereocenters. The largest absolute Gasteiger partial charge is 0.338 e. The van der Waals surface area contributed by atoms with Crippen molar-refractivity contribution in [1.29, 1.82) is 0 Å². The Bertz CT molecular complexity index is 239. The third-order valence-electron chi connectivity index (χ3n) is 1.39. The van der Waals surface area contributed by atoms with E-state index in [1.807, 2.05) is 31.2 Å². The Morgan fingerprint density at radius 3 is 2.50 bits per heavy atom. The molecule has 0 aliphatic carbocycles. The summed E-state index contributed by atoms with van der Waals surface area (Å²) in [4.78, 5) is 9.69. The zero-order valence-electron chi connectivity index (χ0n) is 7.12. The molecule has 2 nitrogen and oxygen atoms in total. The number of rotatable bonds is 4. The molecular formula is C10H12O2. The molecule has 0 spiro atoms. The second-order valence-corrected chi connectivity index (χ2v) is 2.26. The van der Waals surface area contributed by atoms with Crippen LogP contribution in [0.15, 0.2) is 30.8 Å². The van der Waals surface area contributed by atoms with Gasteiger partial charge in [-0.1, -0.05) is 24.8 Å². The zero-order valence-corrected chi connectivity index (χ0v) is 7.12. The average Bonchev–Trinajstić information content (AvgIpc) is 2.15. The van der Waals surface area contributed by atoms with E-state index in [0.717, 1.165) is 5.56 Å². The first kappa shape index (κ1) is 8.81. The fraction of sp³-hybridized carbons (Fsp3) is 0.200. The molecule has 2 heteroatoms. The van der Waals surface area contributed by atoms with E-state index in [4.69, 9.17) is 9.78 Å². The SMILES string of the molecule is C=Cc1ccc(OOCC)cc1. The molecule has 64 valence electrons. The molecule has 0 heterocycles. The van der Waals surface area contributed by atoms with Gasteiger partial charge in [-0.05, 0) is 24.6 Å². The van der Waals surface area contributed by atoms with Crippen molar-refractivity contribution in [1.82, 2.24) is 0 Å². The summed E-state index contributed by atoms with van der Waals surface area (Å²) in [7, 11) is 0. The lowest BCUT2D eigenvalue weighted by atomic mass is 10.2. The summed E-state index contributed by atoms with van der Waals surface area (Å²) in [6.45, 7) is 6.07. The van der Waals surface area contributed by atoms with Crippen molar-refractivity contribution < 1.29 is 9.78 Å². The van der Waals surface area contributed by atoms with Gasteiger partial charge in [0.05, 0.1) is 6.61 Å². The van der Waals surface area contributed by atoms with E-state index in [1.165, 1.54) is 0 Å². The fourth-order valence-electron chi connectivity index (χ4n) is 0.786. The van der Waals surface area contributed by atoms with Crippen LogP contribution in [0.25, 0.3) is 6.08 Å². The standard InChI is InChI=1S/C10H12O2/c1-3-9-5-7-10(8-6-9)12-11-4-2/h3,5-8H,1,4H2,2H3. The highest BCUT2D eigenvalue weighted by Gasteiger charge is 1.92. The minimum absolute atomic E-state index is 0.545. The Kier molecular flexibility index (Phi) is 3.35. The molecule has 0 saturated heterocycles. The summed E-state index contributed by atoms with van der Waals surface area (Å²) in [6.07, 6.45) is 1.78. The minimum atomic E-state index is 0.545.